The van der Waals surface area contributed by atoms with E-state index < -0.39 is 5.97 Å². The predicted octanol–water partition coefficient (Wildman–Crippen LogP) is 2.09. The average molecular weight is 250 g/mol. The Morgan fingerprint density at radius 3 is 2.67 bits per heavy atom. The van der Waals surface area contributed by atoms with Crippen LogP contribution >= 0.6 is 0 Å². The molecule has 0 saturated heterocycles. The lowest BCUT2D eigenvalue weighted by Crippen LogP contribution is -2.43. The molecule has 0 aliphatic heterocycles. The number of carboxylic acid groups (broad SMARTS) is 1. The summed E-state index contributed by atoms with van der Waals surface area (Å²) in [5, 5.41) is 11.7. The fraction of sp³-hybridized carbons (Fsp3) is 0.462. The van der Waals surface area contributed by atoms with Gasteiger partial charge in [-0.1, -0.05) is 13.3 Å². The summed E-state index contributed by atoms with van der Waals surface area (Å²) in [5.41, 5.74) is -0.144. The third-order valence-corrected chi connectivity index (χ3v) is 2.57. The highest BCUT2D eigenvalue weighted by atomic mass is 16.4. The molecule has 98 valence electrons. The van der Waals surface area contributed by atoms with Crippen molar-refractivity contribution in [2.75, 3.05) is 0 Å². The smallest absolute Gasteiger partial charge is 0.335 e. The monoisotopic (exact) mass is 250 g/mol. The van der Waals surface area contributed by atoms with Crippen molar-refractivity contribution >= 4 is 11.9 Å². The van der Waals surface area contributed by atoms with Crippen LogP contribution in [0.2, 0.25) is 0 Å². The number of carbonyl (C=O) groups is 2. The number of nitrogens with zero attached hydrogens (tertiary/aromatic N) is 1. The molecule has 2 N–H and O–H groups in total. The van der Waals surface area contributed by atoms with E-state index >= 15 is 0 Å². The molecule has 0 unspecified atom stereocenters. The van der Waals surface area contributed by atoms with Gasteiger partial charge in [0.25, 0.3) is 5.91 Å². The molecule has 0 bridgehead atoms. The van der Waals surface area contributed by atoms with Gasteiger partial charge in [0.1, 0.15) is 5.69 Å². The number of carbonyl (C=O) groups excluding carboxylic acids is 1. The predicted molar refractivity (Wildman–Crippen MR) is 67.6 cm³/mol. The van der Waals surface area contributed by atoms with Crippen molar-refractivity contribution in [1.82, 2.24) is 10.3 Å². The Morgan fingerprint density at radius 2 is 2.11 bits per heavy atom. The number of nitrogens with one attached hydrogen (secondary N) is 1. The lowest BCUT2D eigenvalue weighted by Gasteiger charge is -2.25. The Labute approximate surface area is 106 Å². The van der Waals surface area contributed by atoms with Crippen LogP contribution in [0.5, 0.6) is 0 Å². The molecular weight excluding hydrogens is 232 g/mol. The number of aromatic carboxylic acids is 1. The van der Waals surface area contributed by atoms with Crippen molar-refractivity contribution in [3.05, 3.63) is 29.6 Å². The number of aromatic nitrogens is 1. The molecule has 18 heavy (non-hydrogen) atoms. The summed E-state index contributed by atoms with van der Waals surface area (Å²) in [6.07, 6.45) is 3.12. The molecule has 0 aliphatic carbocycles. The molecule has 5 nitrogen and oxygen atoms in total. The zero-order chi connectivity index (χ0) is 13.8. The first-order valence-electron chi connectivity index (χ1n) is 5.87. The molecule has 0 aromatic carbocycles. The molecule has 1 amide bonds. The summed E-state index contributed by atoms with van der Waals surface area (Å²) in [7, 11) is 0. The van der Waals surface area contributed by atoms with Gasteiger partial charge >= 0.3 is 5.97 Å². The van der Waals surface area contributed by atoms with Crippen molar-refractivity contribution in [2.45, 2.75) is 39.2 Å². The van der Waals surface area contributed by atoms with Gasteiger partial charge in [-0.3, -0.25) is 9.78 Å². The van der Waals surface area contributed by atoms with Crippen LogP contribution in [-0.2, 0) is 0 Å². The second-order valence-electron chi connectivity index (χ2n) is 4.82. The highest BCUT2D eigenvalue weighted by Gasteiger charge is 2.21. The average Bonchev–Trinajstić information content (AvgIpc) is 2.28. The van der Waals surface area contributed by atoms with E-state index in [4.69, 9.17) is 5.11 Å². The van der Waals surface area contributed by atoms with Gasteiger partial charge in [0.05, 0.1) is 5.56 Å². The Hall–Kier alpha value is -1.91. The minimum Gasteiger partial charge on any atom is -0.478 e. The molecule has 0 atom stereocenters. The lowest BCUT2D eigenvalue weighted by atomic mass is 9.98. The summed E-state index contributed by atoms with van der Waals surface area (Å²) < 4.78 is 0. The maximum Gasteiger partial charge on any atom is 0.335 e. The highest BCUT2D eigenvalue weighted by molar-refractivity contribution is 5.96. The van der Waals surface area contributed by atoms with Gasteiger partial charge in [-0.25, -0.2) is 4.79 Å². The maximum absolute atomic E-state index is 11.9. The van der Waals surface area contributed by atoms with E-state index in [-0.39, 0.29) is 22.7 Å². The van der Waals surface area contributed by atoms with Crippen molar-refractivity contribution in [2.24, 2.45) is 0 Å². The highest BCUT2D eigenvalue weighted by Crippen LogP contribution is 2.12. The first-order chi connectivity index (χ1) is 8.35. The molecule has 0 radical (unpaired) electrons. The van der Waals surface area contributed by atoms with Crippen LogP contribution < -0.4 is 5.32 Å². The van der Waals surface area contributed by atoms with Gasteiger partial charge in [-0.2, -0.15) is 0 Å². The van der Waals surface area contributed by atoms with Crippen LogP contribution in [0.25, 0.3) is 0 Å². The number of carboxylic acids is 1. The summed E-state index contributed by atoms with van der Waals surface area (Å²) in [6.45, 7) is 5.89. The van der Waals surface area contributed by atoms with Gasteiger partial charge in [-0.15, -0.1) is 0 Å². The first kappa shape index (κ1) is 14.2. The minimum absolute atomic E-state index is 0.0587. The van der Waals surface area contributed by atoms with E-state index in [2.05, 4.69) is 10.3 Å². The van der Waals surface area contributed by atoms with Crippen LogP contribution in [0.4, 0.5) is 0 Å². The van der Waals surface area contributed by atoms with Crippen LogP contribution in [0, 0.1) is 0 Å². The second-order valence-corrected chi connectivity index (χ2v) is 4.82. The Bertz CT molecular complexity index is 455. The lowest BCUT2D eigenvalue weighted by molar-refractivity contribution is 0.0696. The van der Waals surface area contributed by atoms with Crippen LogP contribution in [0.1, 0.15) is 54.5 Å². The maximum atomic E-state index is 11.9. The third-order valence-electron chi connectivity index (χ3n) is 2.57. The van der Waals surface area contributed by atoms with Gasteiger partial charge in [0.2, 0.25) is 0 Å². The Kier molecular flexibility index (Phi) is 4.42. The number of hydrogen-bond acceptors (Lipinski definition) is 3. The summed E-state index contributed by atoms with van der Waals surface area (Å²) in [5.74, 6) is -1.42. The normalized spacial score (nSPS) is 11.1. The molecule has 1 rings (SSSR count). The zero-order valence-electron chi connectivity index (χ0n) is 10.9. The van der Waals surface area contributed by atoms with E-state index in [1.165, 1.54) is 18.3 Å². The number of pyridine rings is 1. The fourth-order valence-electron chi connectivity index (χ4n) is 1.75. The number of amides is 1. The Morgan fingerprint density at radius 1 is 1.44 bits per heavy atom. The summed E-state index contributed by atoms with van der Waals surface area (Å²) in [6, 6.07) is 2.63. The summed E-state index contributed by atoms with van der Waals surface area (Å²) in [4.78, 5) is 26.6. The Balaban J connectivity index is 2.84. The third kappa shape index (κ3) is 3.84. The topological polar surface area (TPSA) is 79.3 Å². The first-order valence-corrected chi connectivity index (χ1v) is 5.87. The van der Waals surface area contributed by atoms with E-state index in [1.54, 1.807) is 0 Å². The summed E-state index contributed by atoms with van der Waals surface area (Å²) >= 11 is 0. The van der Waals surface area contributed by atoms with E-state index in [1.807, 2.05) is 20.8 Å². The molecule has 0 spiro atoms. The molecule has 5 heteroatoms. The molecule has 0 fully saturated rings. The second kappa shape index (κ2) is 5.62. The van der Waals surface area contributed by atoms with Gasteiger partial charge in [-0.05, 0) is 32.4 Å². The van der Waals surface area contributed by atoms with Crippen LogP contribution in [0.15, 0.2) is 18.3 Å². The largest absolute Gasteiger partial charge is 0.478 e. The standard InChI is InChI=1S/C13H18N2O3/c1-4-6-13(2,3)15-11(16)10-8-9(12(17)18)5-7-14-10/h5,7-8H,4,6H2,1-3H3,(H,15,16)(H,17,18). The molecule has 1 aromatic heterocycles. The molecule has 1 aromatic rings. The SMILES string of the molecule is CCCC(C)(C)NC(=O)c1cc(C(=O)O)ccn1. The van der Waals surface area contributed by atoms with Crippen molar-refractivity contribution < 1.29 is 14.7 Å². The molecular formula is C13H18N2O3. The van der Waals surface area contributed by atoms with Crippen molar-refractivity contribution in [1.29, 1.82) is 0 Å². The van der Waals surface area contributed by atoms with Crippen molar-refractivity contribution in [3.63, 3.8) is 0 Å². The quantitative estimate of drug-likeness (QED) is 0.838. The number of hydrogen-bond donors (Lipinski definition) is 2. The van der Waals surface area contributed by atoms with Gasteiger partial charge < -0.3 is 10.4 Å². The minimum atomic E-state index is -1.07. The molecule has 0 saturated carbocycles. The van der Waals surface area contributed by atoms with E-state index in [9.17, 15) is 9.59 Å². The van der Waals surface area contributed by atoms with E-state index in [0.717, 1.165) is 12.8 Å². The van der Waals surface area contributed by atoms with Crippen LogP contribution in [-0.4, -0.2) is 27.5 Å². The van der Waals surface area contributed by atoms with Gasteiger partial charge in [0, 0.05) is 11.7 Å². The van der Waals surface area contributed by atoms with Gasteiger partial charge in [0.15, 0.2) is 0 Å². The zero-order valence-corrected chi connectivity index (χ0v) is 10.9. The van der Waals surface area contributed by atoms with E-state index in [0.29, 0.717) is 0 Å². The molecule has 0 aliphatic rings. The number of rotatable bonds is 5. The molecule has 1 heterocycles. The fourth-order valence-corrected chi connectivity index (χ4v) is 1.75. The van der Waals surface area contributed by atoms with Crippen molar-refractivity contribution in [3.8, 4) is 0 Å². The van der Waals surface area contributed by atoms with Crippen LogP contribution in [0.3, 0.4) is 0 Å².